The van der Waals surface area contributed by atoms with Crippen molar-refractivity contribution in [2.45, 2.75) is 32.9 Å². The molecular weight excluding hydrogens is 217 g/mol. The van der Waals surface area contributed by atoms with E-state index in [1.54, 1.807) is 0 Å². The summed E-state index contributed by atoms with van der Waals surface area (Å²) in [7, 11) is 0. The fraction of sp³-hybridized carbons (Fsp3) is 0.909. The van der Waals surface area contributed by atoms with Crippen LogP contribution in [0.3, 0.4) is 0 Å². The van der Waals surface area contributed by atoms with E-state index in [4.69, 9.17) is 5.26 Å². The Bertz CT molecular complexity index is 270. The third kappa shape index (κ3) is 3.11. The molecule has 0 radical (unpaired) electrons. The van der Waals surface area contributed by atoms with Gasteiger partial charge in [0.05, 0.1) is 18.0 Å². The van der Waals surface area contributed by atoms with Crippen LogP contribution in [0.4, 0.5) is 13.2 Å². The van der Waals surface area contributed by atoms with Crippen LogP contribution in [-0.4, -0.2) is 30.7 Å². The molecule has 0 aliphatic carbocycles. The van der Waals surface area contributed by atoms with Crippen molar-refractivity contribution in [1.29, 1.82) is 5.26 Å². The molecule has 0 aromatic carbocycles. The Morgan fingerprint density at radius 3 is 2.12 bits per heavy atom. The highest BCUT2D eigenvalue weighted by Gasteiger charge is 2.40. The number of likely N-dealkylation sites (tertiary alicyclic amines) is 1. The summed E-state index contributed by atoms with van der Waals surface area (Å²) in [6.07, 6.45) is -3.06. The lowest BCUT2D eigenvalue weighted by molar-refractivity contribution is -0.150. The lowest BCUT2D eigenvalue weighted by Crippen LogP contribution is -2.45. The van der Waals surface area contributed by atoms with Gasteiger partial charge in [-0.2, -0.15) is 18.4 Å². The number of nitrogens with zero attached hydrogens (tertiary/aromatic N) is 2. The van der Waals surface area contributed by atoms with E-state index >= 15 is 0 Å². The molecule has 0 aromatic heterocycles. The summed E-state index contributed by atoms with van der Waals surface area (Å²) in [5, 5.41) is 9.14. The molecule has 1 fully saturated rings. The highest BCUT2D eigenvalue weighted by molar-refractivity contribution is 5.03. The van der Waals surface area contributed by atoms with E-state index in [1.807, 2.05) is 13.8 Å². The Morgan fingerprint density at radius 2 is 1.81 bits per heavy atom. The quantitative estimate of drug-likeness (QED) is 0.734. The van der Waals surface area contributed by atoms with E-state index in [9.17, 15) is 13.2 Å². The molecule has 0 aromatic rings. The molecule has 1 aliphatic heterocycles. The van der Waals surface area contributed by atoms with Crippen LogP contribution in [0.25, 0.3) is 0 Å². The largest absolute Gasteiger partial charge is 0.401 e. The van der Waals surface area contributed by atoms with Crippen LogP contribution in [-0.2, 0) is 0 Å². The summed E-state index contributed by atoms with van der Waals surface area (Å²) >= 11 is 0. The first kappa shape index (κ1) is 13.3. The number of hydrogen-bond donors (Lipinski definition) is 0. The molecule has 16 heavy (non-hydrogen) atoms. The predicted octanol–water partition coefficient (Wildman–Crippen LogP) is 2.81. The molecule has 1 saturated heterocycles. The Hall–Kier alpha value is -0.760. The van der Waals surface area contributed by atoms with Gasteiger partial charge in [0, 0.05) is 13.1 Å². The SMILES string of the molecule is CC(C)C1(C#N)CCN(CC(F)(F)F)CC1. The monoisotopic (exact) mass is 234 g/mol. The van der Waals surface area contributed by atoms with Gasteiger partial charge in [0.15, 0.2) is 0 Å². The first-order chi connectivity index (χ1) is 7.29. The minimum absolute atomic E-state index is 0.200. The maximum Gasteiger partial charge on any atom is 0.401 e. The second-order valence-corrected chi connectivity index (χ2v) is 4.81. The van der Waals surface area contributed by atoms with E-state index in [1.165, 1.54) is 4.90 Å². The highest BCUT2D eigenvalue weighted by atomic mass is 19.4. The molecule has 0 unspecified atom stereocenters. The third-order valence-electron chi connectivity index (χ3n) is 3.48. The smallest absolute Gasteiger partial charge is 0.295 e. The number of alkyl halides is 3. The summed E-state index contributed by atoms with van der Waals surface area (Å²) < 4.78 is 36.5. The van der Waals surface area contributed by atoms with E-state index in [-0.39, 0.29) is 5.92 Å². The molecule has 0 atom stereocenters. The Morgan fingerprint density at radius 1 is 1.31 bits per heavy atom. The minimum Gasteiger partial charge on any atom is -0.295 e. The average Bonchev–Trinajstić information content (AvgIpc) is 2.16. The van der Waals surface area contributed by atoms with E-state index in [0.717, 1.165) is 0 Å². The van der Waals surface area contributed by atoms with Gasteiger partial charge in [-0.3, -0.25) is 4.90 Å². The summed E-state index contributed by atoms with van der Waals surface area (Å²) in [5.41, 5.74) is -0.428. The average molecular weight is 234 g/mol. The lowest BCUT2D eigenvalue weighted by Gasteiger charge is -2.39. The van der Waals surface area contributed by atoms with Gasteiger partial charge in [-0.05, 0) is 18.8 Å². The molecular formula is C11H17F3N2. The number of piperidine rings is 1. The van der Waals surface area contributed by atoms with Crippen LogP contribution in [0.5, 0.6) is 0 Å². The molecule has 5 heteroatoms. The Labute approximate surface area is 94.0 Å². The first-order valence-corrected chi connectivity index (χ1v) is 5.49. The van der Waals surface area contributed by atoms with E-state index < -0.39 is 18.1 Å². The Balaban J connectivity index is 2.54. The third-order valence-corrected chi connectivity index (χ3v) is 3.48. The molecule has 0 saturated carbocycles. The standard InChI is InChI=1S/C11H17F3N2/c1-9(2)10(7-15)3-5-16(6-4-10)8-11(12,13)14/h9H,3-6,8H2,1-2H3. The van der Waals surface area contributed by atoms with Gasteiger partial charge in [0.2, 0.25) is 0 Å². The van der Waals surface area contributed by atoms with Crippen molar-refractivity contribution < 1.29 is 13.2 Å². The van der Waals surface area contributed by atoms with Gasteiger partial charge < -0.3 is 0 Å². The number of halogens is 3. The zero-order chi connectivity index (χ0) is 12.4. The van der Waals surface area contributed by atoms with Crippen LogP contribution >= 0.6 is 0 Å². The van der Waals surface area contributed by atoms with Crippen LogP contribution in [0.2, 0.25) is 0 Å². The first-order valence-electron chi connectivity index (χ1n) is 5.49. The summed E-state index contributed by atoms with van der Waals surface area (Å²) in [5.74, 6) is 0.200. The van der Waals surface area contributed by atoms with Crippen molar-refractivity contribution in [3.8, 4) is 6.07 Å². The summed E-state index contributed by atoms with van der Waals surface area (Å²) in [6, 6.07) is 2.29. The summed E-state index contributed by atoms with van der Waals surface area (Å²) in [6.45, 7) is 3.80. The fourth-order valence-electron chi connectivity index (χ4n) is 2.18. The molecule has 1 aliphatic rings. The number of rotatable bonds is 2. The number of hydrogen-bond acceptors (Lipinski definition) is 2. The number of nitriles is 1. The topological polar surface area (TPSA) is 27.0 Å². The van der Waals surface area contributed by atoms with Crippen molar-refractivity contribution in [3.05, 3.63) is 0 Å². The maximum atomic E-state index is 12.2. The van der Waals surface area contributed by atoms with Gasteiger partial charge in [-0.1, -0.05) is 13.8 Å². The normalized spacial score (nSPS) is 22.1. The molecule has 0 bridgehead atoms. The van der Waals surface area contributed by atoms with Crippen LogP contribution in [0.1, 0.15) is 26.7 Å². The predicted molar refractivity (Wildman–Crippen MR) is 54.6 cm³/mol. The molecule has 0 N–H and O–H groups in total. The summed E-state index contributed by atoms with van der Waals surface area (Å²) in [4.78, 5) is 1.39. The van der Waals surface area contributed by atoms with Gasteiger partial charge in [0.1, 0.15) is 0 Å². The fourth-order valence-corrected chi connectivity index (χ4v) is 2.18. The van der Waals surface area contributed by atoms with Crippen LogP contribution in [0.15, 0.2) is 0 Å². The van der Waals surface area contributed by atoms with Crippen LogP contribution in [0, 0.1) is 22.7 Å². The van der Waals surface area contributed by atoms with E-state index in [0.29, 0.717) is 25.9 Å². The molecule has 1 heterocycles. The molecule has 0 amide bonds. The van der Waals surface area contributed by atoms with Crippen LogP contribution < -0.4 is 0 Å². The zero-order valence-corrected chi connectivity index (χ0v) is 9.64. The van der Waals surface area contributed by atoms with Gasteiger partial charge >= 0.3 is 6.18 Å². The second-order valence-electron chi connectivity index (χ2n) is 4.81. The van der Waals surface area contributed by atoms with Crippen molar-refractivity contribution in [2.75, 3.05) is 19.6 Å². The van der Waals surface area contributed by atoms with Crippen molar-refractivity contribution in [3.63, 3.8) is 0 Å². The second kappa shape index (κ2) is 4.62. The lowest BCUT2D eigenvalue weighted by atomic mass is 9.71. The minimum atomic E-state index is -4.13. The molecule has 92 valence electrons. The maximum absolute atomic E-state index is 12.2. The molecule has 1 rings (SSSR count). The van der Waals surface area contributed by atoms with Crippen molar-refractivity contribution in [2.24, 2.45) is 11.3 Å². The Kier molecular flexibility index (Phi) is 3.84. The van der Waals surface area contributed by atoms with Gasteiger partial charge in [0.25, 0.3) is 0 Å². The van der Waals surface area contributed by atoms with Crippen molar-refractivity contribution in [1.82, 2.24) is 4.90 Å². The van der Waals surface area contributed by atoms with Crippen molar-refractivity contribution >= 4 is 0 Å². The highest BCUT2D eigenvalue weighted by Crippen LogP contribution is 2.38. The molecule has 0 spiro atoms. The zero-order valence-electron chi connectivity index (χ0n) is 9.64. The van der Waals surface area contributed by atoms with Gasteiger partial charge in [-0.15, -0.1) is 0 Å². The molecule has 2 nitrogen and oxygen atoms in total. The van der Waals surface area contributed by atoms with Gasteiger partial charge in [-0.25, -0.2) is 0 Å². The van der Waals surface area contributed by atoms with E-state index in [2.05, 4.69) is 6.07 Å².